The van der Waals surface area contributed by atoms with Gasteiger partial charge in [0.05, 0.1) is 0 Å². The van der Waals surface area contributed by atoms with Crippen molar-refractivity contribution < 1.29 is 24.5 Å². The van der Waals surface area contributed by atoms with E-state index < -0.39 is 11.8 Å². The van der Waals surface area contributed by atoms with Crippen molar-refractivity contribution in [2.75, 3.05) is 6.61 Å². The van der Waals surface area contributed by atoms with Crippen LogP contribution in [0.1, 0.15) is 16.7 Å². The second-order valence-electron chi connectivity index (χ2n) is 5.68. The summed E-state index contributed by atoms with van der Waals surface area (Å²) in [5.74, 6) is -0.998. The zero-order valence-corrected chi connectivity index (χ0v) is 14.4. The highest BCUT2D eigenvalue weighted by Gasteiger charge is 2.06. The van der Waals surface area contributed by atoms with Crippen LogP contribution < -0.4 is 15.6 Å². The summed E-state index contributed by atoms with van der Waals surface area (Å²) in [6.07, 6.45) is 2.60. The Balaban J connectivity index is 1.78. The third kappa shape index (κ3) is 5.55. The number of phenolic OH excluding ortho intramolecular Hbond substituents is 2. The van der Waals surface area contributed by atoms with Gasteiger partial charge in [-0.1, -0.05) is 23.8 Å². The predicted molar refractivity (Wildman–Crippen MR) is 96.5 cm³/mol. The number of hydrogen-bond acceptors (Lipinski definition) is 5. The minimum Gasteiger partial charge on any atom is -0.504 e. The quantitative estimate of drug-likeness (QED) is 0.372. The van der Waals surface area contributed by atoms with E-state index in [1.807, 2.05) is 26.0 Å². The van der Waals surface area contributed by atoms with Crippen LogP contribution in [0.4, 0.5) is 0 Å². The van der Waals surface area contributed by atoms with E-state index in [1.54, 1.807) is 6.07 Å². The van der Waals surface area contributed by atoms with Crippen molar-refractivity contribution in [3.63, 3.8) is 0 Å². The Labute approximate surface area is 150 Å². The summed E-state index contributed by atoms with van der Waals surface area (Å²) >= 11 is 0. The monoisotopic (exact) mass is 356 g/mol. The maximum atomic E-state index is 11.7. The van der Waals surface area contributed by atoms with Crippen LogP contribution >= 0.6 is 0 Å². The molecule has 7 nitrogen and oxygen atoms in total. The summed E-state index contributed by atoms with van der Waals surface area (Å²) in [5, 5.41) is 18.6. The van der Waals surface area contributed by atoms with E-state index in [0.29, 0.717) is 11.3 Å². The summed E-state index contributed by atoms with van der Waals surface area (Å²) in [7, 11) is 0. The van der Waals surface area contributed by atoms with Gasteiger partial charge in [0, 0.05) is 6.08 Å². The Morgan fingerprint density at radius 3 is 2.50 bits per heavy atom. The molecule has 0 aliphatic heterocycles. The predicted octanol–water partition coefficient (Wildman–Crippen LogP) is 1.95. The highest BCUT2D eigenvalue weighted by Crippen LogP contribution is 2.25. The van der Waals surface area contributed by atoms with Gasteiger partial charge < -0.3 is 14.9 Å². The summed E-state index contributed by atoms with van der Waals surface area (Å²) in [6.45, 7) is 3.61. The zero-order chi connectivity index (χ0) is 19.1. The van der Waals surface area contributed by atoms with E-state index in [1.165, 1.54) is 30.4 Å². The van der Waals surface area contributed by atoms with E-state index in [-0.39, 0.29) is 18.1 Å². The lowest BCUT2D eigenvalue weighted by molar-refractivity contribution is -0.128. The minimum atomic E-state index is -0.558. The van der Waals surface area contributed by atoms with Crippen molar-refractivity contribution in [3.8, 4) is 17.2 Å². The standard InChI is InChI=1S/C19H20N2O5/c1-12-3-7-17(13(2)9-12)26-11-19(25)21-20-18(24)8-5-14-4-6-15(22)16(23)10-14/h3-10,22-23H,11H2,1-2H3,(H,20,24)(H,21,25)/b8-5+. The Bertz CT molecular complexity index is 846. The van der Waals surface area contributed by atoms with Crippen LogP contribution in [0, 0.1) is 13.8 Å². The molecule has 0 bridgehead atoms. The lowest BCUT2D eigenvalue weighted by Gasteiger charge is -2.10. The molecule has 26 heavy (non-hydrogen) atoms. The first-order valence-electron chi connectivity index (χ1n) is 7.84. The number of carbonyl (C=O) groups is 2. The lowest BCUT2D eigenvalue weighted by atomic mass is 10.1. The molecule has 0 radical (unpaired) electrons. The molecule has 0 unspecified atom stereocenters. The van der Waals surface area contributed by atoms with Gasteiger partial charge in [-0.05, 0) is 49.2 Å². The molecule has 2 aromatic carbocycles. The Morgan fingerprint density at radius 2 is 1.81 bits per heavy atom. The lowest BCUT2D eigenvalue weighted by Crippen LogP contribution is -2.43. The number of nitrogens with one attached hydrogen (secondary N) is 2. The van der Waals surface area contributed by atoms with Crippen LogP contribution in [0.3, 0.4) is 0 Å². The smallest absolute Gasteiger partial charge is 0.276 e. The number of benzene rings is 2. The van der Waals surface area contributed by atoms with E-state index in [9.17, 15) is 19.8 Å². The first kappa shape index (κ1) is 18.9. The topological polar surface area (TPSA) is 108 Å². The molecule has 0 saturated heterocycles. The van der Waals surface area contributed by atoms with E-state index >= 15 is 0 Å². The molecule has 2 aromatic rings. The molecular formula is C19H20N2O5. The Kier molecular flexibility index (Phi) is 6.21. The number of aromatic hydroxyl groups is 2. The number of ether oxygens (including phenoxy) is 1. The van der Waals surface area contributed by atoms with Crippen LogP contribution in [0.25, 0.3) is 6.08 Å². The van der Waals surface area contributed by atoms with Gasteiger partial charge in [0.25, 0.3) is 11.8 Å². The number of aryl methyl sites for hydroxylation is 2. The van der Waals surface area contributed by atoms with Crippen LogP contribution in [0.2, 0.25) is 0 Å². The maximum Gasteiger partial charge on any atom is 0.276 e. The molecule has 0 heterocycles. The summed E-state index contributed by atoms with van der Waals surface area (Å²) in [6, 6.07) is 9.74. The normalized spacial score (nSPS) is 10.5. The third-order valence-corrected chi connectivity index (χ3v) is 3.44. The average Bonchev–Trinajstić information content (AvgIpc) is 2.60. The fraction of sp³-hybridized carbons (Fsp3) is 0.158. The minimum absolute atomic E-state index is 0.236. The number of hydrogen-bond donors (Lipinski definition) is 4. The highest BCUT2D eigenvalue weighted by atomic mass is 16.5. The molecular weight excluding hydrogens is 336 g/mol. The van der Waals surface area contributed by atoms with Gasteiger partial charge in [-0.2, -0.15) is 0 Å². The molecule has 0 aromatic heterocycles. The van der Waals surface area contributed by atoms with Crippen LogP contribution in [-0.2, 0) is 9.59 Å². The zero-order valence-electron chi connectivity index (χ0n) is 14.4. The van der Waals surface area contributed by atoms with Crippen LogP contribution in [0.15, 0.2) is 42.5 Å². The SMILES string of the molecule is Cc1ccc(OCC(=O)NNC(=O)/C=C/c2ccc(O)c(O)c2)c(C)c1. The van der Waals surface area contributed by atoms with Crippen molar-refractivity contribution in [3.05, 3.63) is 59.2 Å². The van der Waals surface area contributed by atoms with Crippen LogP contribution in [0.5, 0.6) is 17.2 Å². The van der Waals surface area contributed by atoms with Gasteiger partial charge in [0.2, 0.25) is 0 Å². The van der Waals surface area contributed by atoms with Crippen molar-refractivity contribution in [1.29, 1.82) is 0 Å². The van der Waals surface area contributed by atoms with Crippen molar-refractivity contribution in [1.82, 2.24) is 10.9 Å². The molecule has 7 heteroatoms. The number of hydrazine groups is 1. The second-order valence-corrected chi connectivity index (χ2v) is 5.68. The molecule has 4 N–H and O–H groups in total. The summed E-state index contributed by atoms with van der Waals surface area (Å²) in [4.78, 5) is 23.4. The number of carbonyl (C=O) groups excluding carboxylic acids is 2. The molecule has 0 aliphatic carbocycles. The number of rotatable bonds is 5. The van der Waals surface area contributed by atoms with Gasteiger partial charge in [-0.15, -0.1) is 0 Å². The molecule has 2 rings (SSSR count). The molecule has 0 aliphatic rings. The summed E-state index contributed by atoms with van der Waals surface area (Å²) in [5.41, 5.74) is 6.99. The molecule has 2 amide bonds. The van der Waals surface area contributed by atoms with E-state index in [4.69, 9.17) is 4.74 Å². The van der Waals surface area contributed by atoms with Gasteiger partial charge in [0.15, 0.2) is 18.1 Å². The van der Waals surface area contributed by atoms with Crippen molar-refractivity contribution in [2.45, 2.75) is 13.8 Å². The van der Waals surface area contributed by atoms with Gasteiger partial charge in [0.1, 0.15) is 5.75 Å². The van der Waals surface area contributed by atoms with Crippen molar-refractivity contribution >= 4 is 17.9 Å². The van der Waals surface area contributed by atoms with Gasteiger partial charge >= 0.3 is 0 Å². The highest BCUT2D eigenvalue weighted by molar-refractivity contribution is 5.93. The van der Waals surface area contributed by atoms with Crippen molar-refractivity contribution in [2.24, 2.45) is 0 Å². The molecule has 0 saturated carbocycles. The molecule has 136 valence electrons. The molecule has 0 fully saturated rings. The van der Waals surface area contributed by atoms with Gasteiger partial charge in [-0.25, -0.2) is 0 Å². The molecule has 0 spiro atoms. The van der Waals surface area contributed by atoms with Crippen LogP contribution in [-0.4, -0.2) is 28.6 Å². The average molecular weight is 356 g/mol. The van der Waals surface area contributed by atoms with E-state index in [2.05, 4.69) is 10.9 Å². The number of phenols is 2. The third-order valence-electron chi connectivity index (χ3n) is 3.44. The van der Waals surface area contributed by atoms with E-state index in [0.717, 1.165) is 11.1 Å². The Hall–Kier alpha value is -3.48. The second kappa shape index (κ2) is 8.57. The Morgan fingerprint density at radius 1 is 1.04 bits per heavy atom. The first-order valence-corrected chi connectivity index (χ1v) is 7.84. The fourth-order valence-electron chi connectivity index (χ4n) is 2.13. The maximum absolute atomic E-state index is 11.7. The summed E-state index contributed by atoms with van der Waals surface area (Å²) < 4.78 is 5.41. The number of amides is 2. The largest absolute Gasteiger partial charge is 0.504 e. The molecule has 0 atom stereocenters. The first-order chi connectivity index (χ1) is 12.3. The fourth-order valence-corrected chi connectivity index (χ4v) is 2.13. The van der Waals surface area contributed by atoms with Gasteiger partial charge in [-0.3, -0.25) is 20.4 Å².